The van der Waals surface area contributed by atoms with Gasteiger partial charge in [-0.05, 0) is 29.7 Å². The van der Waals surface area contributed by atoms with Crippen LogP contribution in [0.1, 0.15) is 44.2 Å². The molecule has 0 aliphatic carbocycles. The molecule has 0 spiro atoms. The number of carbonyl (C=O) groups is 2. The molecule has 4 nitrogen and oxygen atoms in total. The van der Waals surface area contributed by atoms with E-state index < -0.39 is 5.92 Å². The number of rotatable bonds is 9. The number of hydrogen-bond donors (Lipinski definition) is 1. The highest BCUT2D eigenvalue weighted by Crippen LogP contribution is 2.26. The van der Waals surface area contributed by atoms with E-state index in [9.17, 15) is 14.7 Å². The maximum Gasteiger partial charge on any atom is 0.170 e. The van der Waals surface area contributed by atoms with E-state index in [0.717, 1.165) is 17.4 Å². The molecule has 0 saturated heterocycles. The normalized spacial score (nSPS) is 11.6. The molecule has 0 aliphatic heterocycles. The zero-order valence-corrected chi connectivity index (χ0v) is 15.5. The van der Waals surface area contributed by atoms with Crippen molar-refractivity contribution in [2.45, 2.75) is 18.9 Å². The fourth-order valence-electron chi connectivity index (χ4n) is 3.04. The van der Waals surface area contributed by atoms with Crippen molar-refractivity contribution in [3.63, 3.8) is 0 Å². The minimum Gasteiger partial charge on any atom is -0.489 e. The molecule has 0 bridgehead atoms. The highest BCUT2D eigenvalue weighted by molar-refractivity contribution is 6.00. The van der Waals surface area contributed by atoms with E-state index in [-0.39, 0.29) is 12.4 Å². The van der Waals surface area contributed by atoms with Gasteiger partial charge in [-0.25, -0.2) is 0 Å². The molecule has 0 heterocycles. The summed E-state index contributed by atoms with van der Waals surface area (Å²) in [6.45, 7) is 0.333. The molecule has 1 N–H and O–H groups in total. The molecule has 1 unspecified atom stereocenters. The van der Waals surface area contributed by atoms with Crippen LogP contribution in [0, 0.1) is 0 Å². The van der Waals surface area contributed by atoms with Gasteiger partial charge in [0.25, 0.3) is 0 Å². The molecule has 0 amide bonds. The lowest BCUT2D eigenvalue weighted by Crippen LogP contribution is -2.14. The molecule has 0 fully saturated rings. The predicted octanol–water partition coefficient (Wildman–Crippen LogP) is 4.43. The molecule has 0 aromatic heterocycles. The molecule has 0 radical (unpaired) electrons. The Bertz CT molecular complexity index is 900. The maximum atomic E-state index is 12.8. The first-order valence-corrected chi connectivity index (χ1v) is 9.18. The summed E-state index contributed by atoms with van der Waals surface area (Å²) < 4.78 is 5.78. The molecule has 3 aromatic rings. The number of aliphatic hydroxyl groups excluding tert-OH is 1. The summed E-state index contributed by atoms with van der Waals surface area (Å²) in [7, 11) is 0. The monoisotopic (exact) mass is 374 g/mol. The Morgan fingerprint density at radius 1 is 0.929 bits per heavy atom. The van der Waals surface area contributed by atoms with Crippen molar-refractivity contribution in [1.29, 1.82) is 0 Å². The molecule has 0 aliphatic rings. The van der Waals surface area contributed by atoms with Gasteiger partial charge in [-0.15, -0.1) is 0 Å². The van der Waals surface area contributed by atoms with Crippen LogP contribution in [0.4, 0.5) is 0 Å². The Labute approximate surface area is 164 Å². The van der Waals surface area contributed by atoms with Crippen LogP contribution in [0.25, 0.3) is 0 Å². The first kappa shape index (κ1) is 19.5. The zero-order valence-electron chi connectivity index (χ0n) is 15.5. The summed E-state index contributed by atoms with van der Waals surface area (Å²) in [6, 6.07) is 23.7. The third-order valence-electron chi connectivity index (χ3n) is 4.60. The molecular weight excluding hydrogens is 352 g/mol. The minimum atomic E-state index is -0.391. The Kier molecular flexibility index (Phi) is 6.71. The number of ether oxygens (including phenoxy) is 1. The van der Waals surface area contributed by atoms with Crippen molar-refractivity contribution in [2.24, 2.45) is 0 Å². The third kappa shape index (κ3) is 4.93. The summed E-state index contributed by atoms with van der Waals surface area (Å²) in [5, 5.41) is 9.40. The van der Waals surface area contributed by atoms with Crippen molar-refractivity contribution in [2.75, 3.05) is 6.61 Å². The first-order chi connectivity index (χ1) is 13.7. The standard InChI is InChI=1S/C24H22O4/c25-15-14-23(24(27)21-4-2-1-3-5-21)20-10-12-22(13-11-20)28-17-19-8-6-18(16-26)7-9-19/h1-13,16,23,25H,14-15,17H2. The second-order valence-electron chi connectivity index (χ2n) is 6.51. The summed E-state index contributed by atoms with van der Waals surface area (Å²) in [6.07, 6.45) is 1.18. The van der Waals surface area contributed by atoms with Crippen LogP contribution < -0.4 is 4.74 Å². The second-order valence-corrected chi connectivity index (χ2v) is 6.51. The Morgan fingerprint density at radius 2 is 1.61 bits per heavy atom. The van der Waals surface area contributed by atoms with Crippen molar-refractivity contribution < 1.29 is 19.4 Å². The van der Waals surface area contributed by atoms with E-state index in [4.69, 9.17) is 4.74 Å². The van der Waals surface area contributed by atoms with Crippen LogP contribution in [0.3, 0.4) is 0 Å². The maximum absolute atomic E-state index is 12.8. The Balaban J connectivity index is 1.68. The van der Waals surface area contributed by atoms with Gasteiger partial charge in [0.1, 0.15) is 18.6 Å². The number of hydrogen-bond acceptors (Lipinski definition) is 4. The van der Waals surface area contributed by atoms with Crippen molar-refractivity contribution in [1.82, 2.24) is 0 Å². The van der Waals surface area contributed by atoms with E-state index >= 15 is 0 Å². The molecular formula is C24H22O4. The van der Waals surface area contributed by atoms with Gasteiger partial charge in [0.15, 0.2) is 5.78 Å². The Morgan fingerprint density at radius 3 is 2.21 bits per heavy atom. The van der Waals surface area contributed by atoms with Crippen molar-refractivity contribution in [3.8, 4) is 5.75 Å². The fraction of sp³-hybridized carbons (Fsp3) is 0.167. The second kappa shape index (κ2) is 9.62. The average Bonchev–Trinajstić information content (AvgIpc) is 2.77. The van der Waals surface area contributed by atoms with E-state index in [1.165, 1.54) is 0 Å². The van der Waals surface area contributed by atoms with E-state index in [1.807, 2.05) is 54.6 Å². The van der Waals surface area contributed by atoms with Gasteiger partial charge in [-0.3, -0.25) is 9.59 Å². The average molecular weight is 374 g/mol. The van der Waals surface area contributed by atoms with Crippen LogP contribution in [0.2, 0.25) is 0 Å². The highest BCUT2D eigenvalue weighted by Gasteiger charge is 2.21. The lowest BCUT2D eigenvalue weighted by molar-refractivity contribution is 0.0943. The number of Topliss-reactive ketones (excluding diaryl/α,β-unsaturated/α-hetero) is 1. The van der Waals surface area contributed by atoms with Gasteiger partial charge in [0.05, 0.1) is 0 Å². The van der Waals surface area contributed by atoms with Crippen molar-refractivity contribution in [3.05, 3.63) is 101 Å². The van der Waals surface area contributed by atoms with Gasteiger partial charge >= 0.3 is 0 Å². The molecule has 3 rings (SSSR count). The largest absolute Gasteiger partial charge is 0.489 e. The van der Waals surface area contributed by atoms with E-state index in [1.54, 1.807) is 24.3 Å². The summed E-state index contributed by atoms with van der Waals surface area (Å²) in [4.78, 5) is 23.5. The number of carbonyl (C=O) groups excluding carboxylic acids is 2. The minimum absolute atomic E-state index is 0.00131. The number of aliphatic hydroxyl groups is 1. The van der Waals surface area contributed by atoms with Crippen LogP contribution in [0.15, 0.2) is 78.9 Å². The number of benzene rings is 3. The zero-order chi connectivity index (χ0) is 19.8. The SMILES string of the molecule is O=Cc1ccc(COc2ccc(C(CCO)C(=O)c3ccccc3)cc2)cc1. The Hall–Kier alpha value is -3.24. The highest BCUT2D eigenvalue weighted by atomic mass is 16.5. The van der Waals surface area contributed by atoms with E-state index in [0.29, 0.717) is 29.9 Å². The summed E-state index contributed by atoms with van der Waals surface area (Å²) in [5.41, 5.74) is 3.09. The molecule has 28 heavy (non-hydrogen) atoms. The number of ketones is 1. The van der Waals surface area contributed by atoms with Crippen LogP contribution >= 0.6 is 0 Å². The van der Waals surface area contributed by atoms with Gasteiger partial charge < -0.3 is 9.84 Å². The summed E-state index contributed by atoms with van der Waals surface area (Å²) >= 11 is 0. The topological polar surface area (TPSA) is 63.6 Å². The lowest BCUT2D eigenvalue weighted by atomic mass is 9.88. The van der Waals surface area contributed by atoms with Crippen molar-refractivity contribution >= 4 is 12.1 Å². The van der Waals surface area contributed by atoms with Crippen LogP contribution in [-0.4, -0.2) is 23.8 Å². The van der Waals surface area contributed by atoms with Gasteiger partial charge in [0.2, 0.25) is 0 Å². The first-order valence-electron chi connectivity index (χ1n) is 9.18. The fourth-order valence-corrected chi connectivity index (χ4v) is 3.04. The van der Waals surface area contributed by atoms with Gasteiger partial charge in [-0.1, -0.05) is 66.7 Å². The van der Waals surface area contributed by atoms with Gasteiger partial charge in [-0.2, -0.15) is 0 Å². The third-order valence-corrected chi connectivity index (χ3v) is 4.60. The van der Waals surface area contributed by atoms with Crippen LogP contribution in [0.5, 0.6) is 5.75 Å². The van der Waals surface area contributed by atoms with Gasteiger partial charge in [0, 0.05) is 23.7 Å². The quantitative estimate of drug-likeness (QED) is 0.445. The predicted molar refractivity (Wildman–Crippen MR) is 108 cm³/mol. The molecule has 3 aromatic carbocycles. The molecule has 4 heteroatoms. The van der Waals surface area contributed by atoms with E-state index in [2.05, 4.69) is 0 Å². The molecule has 1 atom stereocenters. The number of aldehydes is 1. The lowest BCUT2D eigenvalue weighted by Gasteiger charge is -2.16. The smallest absolute Gasteiger partial charge is 0.170 e. The molecule has 0 saturated carbocycles. The van der Waals surface area contributed by atoms with Crippen LogP contribution in [-0.2, 0) is 6.61 Å². The molecule has 142 valence electrons. The summed E-state index contributed by atoms with van der Waals surface area (Å²) in [5.74, 6) is 0.300.